The number of ether oxygens (including phenoxy) is 1. The number of nitrogens with one attached hydrogen (secondary N) is 1. The third-order valence-electron chi connectivity index (χ3n) is 2.88. The van der Waals surface area contributed by atoms with Crippen LogP contribution in [0.1, 0.15) is 25.5 Å². The van der Waals surface area contributed by atoms with Crippen LogP contribution in [0.2, 0.25) is 0 Å². The summed E-state index contributed by atoms with van der Waals surface area (Å²) in [5, 5.41) is 5.22. The predicted octanol–water partition coefficient (Wildman–Crippen LogP) is 2.51. The SMILES string of the molecule is COC(=O)C(C)NC(C)c1cnc2ccsc2c1. The van der Waals surface area contributed by atoms with Crippen LogP contribution in [-0.2, 0) is 9.53 Å². The molecule has 0 spiro atoms. The lowest BCUT2D eigenvalue weighted by Crippen LogP contribution is -2.36. The minimum absolute atomic E-state index is 0.0538. The Morgan fingerprint density at radius 1 is 1.50 bits per heavy atom. The Bertz CT molecular complexity index is 553. The Labute approximate surface area is 110 Å². The second-order valence-corrected chi connectivity index (χ2v) is 5.15. The van der Waals surface area contributed by atoms with E-state index in [1.165, 1.54) is 7.11 Å². The summed E-state index contributed by atoms with van der Waals surface area (Å²) in [6, 6.07) is 3.83. The number of rotatable bonds is 4. The average Bonchev–Trinajstić information content (AvgIpc) is 2.84. The van der Waals surface area contributed by atoms with Crippen molar-refractivity contribution in [1.82, 2.24) is 10.3 Å². The number of hydrogen-bond donors (Lipinski definition) is 1. The first-order chi connectivity index (χ1) is 8.61. The van der Waals surface area contributed by atoms with Crippen molar-refractivity contribution in [3.63, 3.8) is 0 Å². The summed E-state index contributed by atoms with van der Waals surface area (Å²) >= 11 is 1.67. The minimum atomic E-state index is -0.330. The molecule has 96 valence electrons. The van der Waals surface area contributed by atoms with E-state index >= 15 is 0 Å². The Kier molecular flexibility index (Phi) is 3.93. The Morgan fingerprint density at radius 2 is 2.28 bits per heavy atom. The van der Waals surface area contributed by atoms with Crippen LogP contribution in [0, 0.1) is 0 Å². The highest BCUT2D eigenvalue weighted by molar-refractivity contribution is 7.17. The van der Waals surface area contributed by atoms with E-state index in [1.54, 1.807) is 18.3 Å². The Morgan fingerprint density at radius 3 is 3.00 bits per heavy atom. The number of pyridine rings is 1. The molecule has 0 saturated carbocycles. The standard InChI is InChI=1S/C13H16N2O2S/c1-8(15-9(2)13(16)17-3)10-6-12-11(14-7-10)4-5-18-12/h4-9,15H,1-3H3. The molecule has 4 nitrogen and oxygen atoms in total. The van der Waals surface area contributed by atoms with Gasteiger partial charge in [0.05, 0.1) is 17.3 Å². The van der Waals surface area contributed by atoms with E-state index in [1.807, 2.05) is 24.6 Å². The molecule has 0 aliphatic heterocycles. The second-order valence-electron chi connectivity index (χ2n) is 4.21. The molecule has 0 bridgehead atoms. The van der Waals surface area contributed by atoms with Gasteiger partial charge in [-0.2, -0.15) is 0 Å². The molecule has 0 aliphatic carbocycles. The van der Waals surface area contributed by atoms with Gasteiger partial charge < -0.3 is 4.74 Å². The molecule has 0 aliphatic rings. The topological polar surface area (TPSA) is 51.2 Å². The first kappa shape index (κ1) is 13.0. The third kappa shape index (κ3) is 2.68. The maximum absolute atomic E-state index is 11.4. The van der Waals surface area contributed by atoms with Crippen molar-refractivity contribution in [3.05, 3.63) is 29.3 Å². The smallest absolute Gasteiger partial charge is 0.322 e. The summed E-state index contributed by atoms with van der Waals surface area (Å²) in [5.74, 6) is -0.257. The highest BCUT2D eigenvalue weighted by atomic mass is 32.1. The highest BCUT2D eigenvalue weighted by Crippen LogP contribution is 2.22. The van der Waals surface area contributed by atoms with Crippen molar-refractivity contribution < 1.29 is 9.53 Å². The average molecular weight is 264 g/mol. The normalized spacial score (nSPS) is 14.4. The molecule has 0 aromatic carbocycles. The number of carbonyl (C=O) groups excluding carboxylic acids is 1. The van der Waals surface area contributed by atoms with Gasteiger partial charge in [0.15, 0.2) is 0 Å². The molecule has 1 N–H and O–H groups in total. The summed E-state index contributed by atoms with van der Waals surface area (Å²) in [6.45, 7) is 3.80. The number of fused-ring (bicyclic) bond motifs is 1. The zero-order valence-electron chi connectivity index (χ0n) is 10.6. The first-order valence-electron chi connectivity index (χ1n) is 5.79. The largest absolute Gasteiger partial charge is 0.468 e. The molecule has 2 heterocycles. The van der Waals surface area contributed by atoms with Gasteiger partial charge in [-0.15, -0.1) is 11.3 Å². The third-order valence-corrected chi connectivity index (χ3v) is 3.73. The van der Waals surface area contributed by atoms with Gasteiger partial charge >= 0.3 is 5.97 Å². The van der Waals surface area contributed by atoms with Crippen LogP contribution in [0.5, 0.6) is 0 Å². The number of thiophene rings is 1. The zero-order chi connectivity index (χ0) is 13.1. The van der Waals surface area contributed by atoms with Crippen LogP contribution in [0.4, 0.5) is 0 Å². The molecular weight excluding hydrogens is 248 g/mol. The molecule has 0 amide bonds. The van der Waals surface area contributed by atoms with Crippen molar-refractivity contribution in [2.75, 3.05) is 7.11 Å². The van der Waals surface area contributed by atoms with Gasteiger partial charge in [-0.05, 0) is 36.9 Å². The highest BCUT2D eigenvalue weighted by Gasteiger charge is 2.16. The number of esters is 1. The minimum Gasteiger partial charge on any atom is -0.468 e. The number of methoxy groups -OCH3 is 1. The van der Waals surface area contributed by atoms with Crippen molar-refractivity contribution in [2.45, 2.75) is 25.9 Å². The molecule has 0 radical (unpaired) electrons. The van der Waals surface area contributed by atoms with Gasteiger partial charge in [-0.3, -0.25) is 15.1 Å². The fourth-order valence-corrected chi connectivity index (χ4v) is 2.60. The van der Waals surface area contributed by atoms with E-state index in [-0.39, 0.29) is 18.1 Å². The predicted molar refractivity (Wildman–Crippen MR) is 72.6 cm³/mol. The van der Waals surface area contributed by atoms with E-state index in [2.05, 4.69) is 16.4 Å². The summed E-state index contributed by atoms with van der Waals surface area (Å²) < 4.78 is 5.85. The Hall–Kier alpha value is -1.46. The van der Waals surface area contributed by atoms with Gasteiger partial charge in [-0.1, -0.05) is 0 Å². The molecule has 2 atom stereocenters. The van der Waals surface area contributed by atoms with Crippen molar-refractivity contribution >= 4 is 27.5 Å². The fraction of sp³-hybridized carbons (Fsp3) is 0.385. The molecular formula is C13H16N2O2S. The van der Waals surface area contributed by atoms with E-state index in [0.717, 1.165) is 15.8 Å². The summed E-state index contributed by atoms with van der Waals surface area (Å²) in [7, 11) is 1.39. The van der Waals surface area contributed by atoms with Gasteiger partial charge in [0.25, 0.3) is 0 Å². The number of nitrogens with zero attached hydrogens (tertiary/aromatic N) is 1. The monoisotopic (exact) mass is 264 g/mol. The molecule has 2 unspecified atom stereocenters. The van der Waals surface area contributed by atoms with Crippen molar-refractivity contribution in [2.24, 2.45) is 0 Å². The van der Waals surface area contributed by atoms with Gasteiger partial charge in [-0.25, -0.2) is 0 Å². The van der Waals surface area contributed by atoms with Gasteiger partial charge in [0.1, 0.15) is 6.04 Å². The molecule has 2 aromatic rings. The summed E-state index contributed by atoms with van der Waals surface area (Å²) in [6.07, 6.45) is 1.84. The number of hydrogen-bond acceptors (Lipinski definition) is 5. The maximum Gasteiger partial charge on any atom is 0.322 e. The lowest BCUT2D eigenvalue weighted by molar-refractivity contribution is -0.142. The van der Waals surface area contributed by atoms with Crippen LogP contribution in [0.25, 0.3) is 10.2 Å². The van der Waals surface area contributed by atoms with E-state index < -0.39 is 0 Å². The van der Waals surface area contributed by atoms with Gasteiger partial charge in [0.2, 0.25) is 0 Å². The molecule has 2 rings (SSSR count). The maximum atomic E-state index is 11.4. The first-order valence-corrected chi connectivity index (χ1v) is 6.67. The van der Waals surface area contributed by atoms with E-state index in [9.17, 15) is 4.79 Å². The van der Waals surface area contributed by atoms with E-state index in [0.29, 0.717) is 0 Å². The fourth-order valence-electron chi connectivity index (χ4n) is 1.81. The Balaban J connectivity index is 2.12. The second kappa shape index (κ2) is 5.46. The van der Waals surface area contributed by atoms with E-state index in [4.69, 9.17) is 4.74 Å². The summed E-state index contributed by atoms with van der Waals surface area (Å²) in [5.41, 5.74) is 2.08. The van der Waals surface area contributed by atoms with Crippen LogP contribution in [0.15, 0.2) is 23.7 Å². The molecule has 0 fully saturated rings. The molecule has 5 heteroatoms. The van der Waals surface area contributed by atoms with Crippen LogP contribution in [-0.4, -0.2) is 24.1 Å². The number of aromatic nitrogens is 1. The molecule has 2 aromatic heterocycles. The zero-order valence-corrected chi connectivity index (χ0v) is 11.5. The molecule has 0 saturated heterocycles. The quantitative estimate of drug-likeness (QED) is 0.862. The van der Waals surface area contributed by atoms with Crippen molar-refractivity contribution in [1.29, 1.82) is 0 Å². The van der Waals surface area contributed by atoms with Crippen LogP contribution in [0.3, 0.4) is 0 Å². The van der Waals surface area contributed by atoms with Crippen LogP contribution >= 0.6 is 11.3 Å². The lowest BCUT2D eigenvalue weighted by atomic mass is 10.1. The number of carbonyl (C=O) groups is 1. The van der Waals surface area contributed by atoms with Crippen LogP contribution < -0.4 is 5.32 Å². The molecule has 18 heavy (non-hydrogen) atoms. The lowest BCUT2D eigenvalue weighted by Gasteiger charge is -2.18. The summed E-state index contributed by atoms with van der Waals surface area (Å²) in [4.78, 5) is 15.7. The van der Waals surface area contributed by atoms with Gasteiger partial charge in [0, 0.05) is 12.2 Å². The van der Waals surface area contributed by atoms with Crippen molar-refractivity contribution in [3.8, 4) is 0 Å².